The Morgan fingerprint density at radius 3 is 2.38 bits per heavy atom. The number of anilines is 2. The number of carbonyl (C=O) groups is 3. The minimum Gasteiger partial charge on any atom is -0.464 e. The zero-order valence-electron chi connectivity index (χ0n) is 20.6. The van der Waals surface area contributed by atoms with Crippen LogP contribution in [-0.2, 0) is 11.3 Å². The second kappa shape index (κ2) is 10.7. The molecule has 0 saturated carbocycles. The van der Waals surface area contributed by atoms with Gasteiger partial charge in [-0.25, -0.2) is 0 Å². The number of primary amides is 1. The quantitative estimate of drug-likeness (QED) is 0.322. The number of rotatable bonds is 8. The van der Waals surface area contributed by atoms with Gasteiger partial charge in [0.2, 0.25) is 0 Å². The Morgan fingerprint density at radius 2 is 1.78 bits per heavy atom. The predicted octanol–water partition coefficient (Wildman–Crippen LogP) is 4.05. The molecule has 0 spiro atoms. The fourth-order valence-corrected chi connectivity index (χ4v) is 4.78. The van der Waals surface area contributed by atoms with Crippen LogP contribution in [0.4, 0.5) is 11.4 Å². The van der Waals surface area contributed by atoms with Gasteiger partial charge >= 0.3 is 0 Å². The van der Waals surface area contributed by atoms with Crippen LogP contribution in [0.2, 0.25) is 0 Å². The van der Waals surface area contributed by atoms with Crippen LogP contribution in [0.15, 0.2) is 65.1 Å². The van der Waals surface area contributed by atoms with E-state index in [-0.39, 0.29) is 28.6 Å². The van der Waals surface area contributed by atoms with Gasteiger partial charge in [0.25, 0.3) is 17.7 Å². The molecular formula is C27H27N5O4S. The number of aryl methyl sites for hydroxylation is 3. The standard InChI is InChI=1S/C27H27N5O4S/c1-15-9-11-19(16(2)13-15)32(27(35)24-21(28)22(25(29)33)31-37-24)23(20-12-10-17(3)36-20)26(34)30-14-18-7-5-4-6-8-18/h4-13,23H,14,28H2,1-3H3,(H2,29,33)(H,30,34). The molecule has 0 aliphatic heterocycles. The third kappa shape index (κ3) is 5.39. The van der Waals surface area contributed by atoms with E-state index < -0.39 is 23.8 Å². The predicted molar refractivity (Wildman–Crippen MR) is 142 cm³/mol. The lowest BCUT2D eigenvalue weighted by molar-refractivity contribution is -0.123. The molecule has 9 nitrogen and oxygen atoms in total. The number of aromatic nitrogens is 1. The highest BCUT2D eigenvalue weighted by molar-refractivity contribution is 7.09. The summed E-state index contributed by atoms with van der Waals surface area (Å²) in [5.41, 5.74) is 14.3. The van der Waals surface area contributed by atoms with Crippen LogP contribution in [0.25, 0.3) is 0 Å². The van der Waals surface area contributed by atoms with Gasteiger partial charge < -0.3 is 21.2 Å². The Balaban J connectivity index is 1.84. The van der Waals surface area contributed by atoms with Crippen LogP contribution in [0.3, 0.4) is 0 Å². The second-order valence-electron chi connectivity index (χ2n) is 8.66. The molecule has 5 N–H and O–H groups in total. The molecule has 0 fully saturated rings. The first-order valence-electron chi connectivity index (χ1n) is 11.5. The SMILES string of the molecule is Cc1ccc(N(C(=O)c2snc(C(N)=O)c2N)C(C(=O)NCc2ccccc2)c2ccc(C)o2)c(C)c1. The number of nitrogens with one attached hydrogen (secondary N) is 1. The van der Waals surface area contributed by atoms with Crippen LogP contribution in [0, 0.1) is 20.8 Å². The summed E-state index contributed by atoms with van der Waals surface area (Å²) >= 11 is 0.755. The van der Waals surface area contributed by atoms with Gasteiger partial charge in [0.1, 0.15) is 16.4 Å². The van der Waals surface area contributed by atoms with E-state index in [1.165, 1.54) is 4.90 Å². The Hall–Kier alpha value is -4.44. The maximum atomic E-state index is 14.1. The summed E-state index contributed by atoms with van der Waals surface area (Å²) in [5.74, 6) is -1.05. The number of amides is 3. The molecular weight excluding hydrogens is 490 g/mol. The number of nitrogens with zero attached hydrogens (tertiary/aromatic N) is 2. The largest absolute Gasteiger partial charge is 0.464 e. The summed E-state index contributed by atoms with van der Waals surface area (Å²) < 4.78 is 9.85. The molecule has 4 rings (SSSR count). The lowest BCUT2D eigenvalue weighted by atomic mass is 10.0. The number of hydrogen-bond donors (Lipinski definition) is 3. The highest BCUT2D eigenvalue weighted by atomic mass is 32.1. The molecule has 0 aliphatic rings. The number of benzene rings is 2. The fraction of sp³-hybridized carbons (Fsp3) is 0.185. The molecule has 0 bridgehead atoms. The molecule has 0 aliphatic carbocycles. The average molecular weight is 518 g/mol. The van der Waals surface area contributed by atoms with E-state index in [0.717, 1.165) is 28.2 Å². The van der Waals surface area contributed by atoms with Gasteiger partial charge in [0.15, 0.2) is 11.7 Å². The smallest absolute Gasteiger partial charge is 0.273 e. The van der Waals surface area contributed by atoms with Crippen molar-refractivity contribution in [3.8, 4) is 0 Å². The van der Waals surface area contributed by atoms with Crippen LogP contribution < -0.4 is 21.7 Å². The van der Waals surface area contributed by atoms with Crippen molar-refractivity contribution >= 4 is 40.6 Å². The van der Waals surface area contributed by atoms with Crippen LogP contribution >= 0.6 is 11.5 Å². The summed E-state index contributed by atoms with van der Waals surface area (Å²) in [6, 6.07) is 17.2. The summed E-state index contributed by atoms with van der Waals surface area (Å²) in [6.07, 6.45) is 0. The van der Waals surface area contributed by atoms with E-state index in [9.17, 15) is 14.4 Å². The molecule has 2 aromatic heterocycles. The minimum atomic E-state index is -1.18. The van der Waals surface area contributed by atoms with Gasteiger partial charge in [-0.1, -0.05) is 48.0 Å². The van der Waals surface area contributed by atoms with Gasteiger partial charge in [-0.3, -0.25) is 19.3 Å². The third-order valence-corrected chi connectivity index (χ3v) is 6.68. The molecule has 3 amide bonds. The highest BCUT2D eigenvalue weighted by Crippen LogP contribution is 2.35. The van der Waals surface area contributed by atoms with E-state index in [4.69, 9.17) is 15.9 Å². The van der Waals surface area contributed by atoms with E-state index in [1.807, 2.05) is 56.3 Å². The summed E-state index contributed by atoms with van der Waals surface area (Å²) in [5, 5.41) is 2.92. The molecule has 0 radical (unpaired) electrons. The van der Waals surface area contributed by atoms with E-state index in [0.29, 0.717) is 11.4 Å². The number of hydrogen-bond acceptors (Lipinski definition) is 7. The summed E-state index contributed by atoms with van der Waals surface area (Å²) in [7, 11) is 0. The van der Waals surface area contributed by atoms with Gasteiger partial charge in [-0.2, -0.15) is 4.37 Å². The maximum Gasteiger partial charge on any atom is 0.273 e. The normalized spacial score (nSPS) is 11.6. The zero-order chi connectivity index (χ0) is 26.7. The topological polar surface area (TPSA) is 145 Å². The Labute approximate surface area is 218 Å². The summed E-state index contributed by atoms with van der Waals surface area (Å²) in [6.45, 7) is 5.79. The van der Waals surface area contributed by atoms with Crippen molar-refractivity contribution in [2.24, 2.45) is 5.73 Å². The summed E-state index contributed by atoms with van der Waals surface area (Å²) in [4.78, 5) is 40.9. The molecule has 10 heteroatoms. The maximum absolute atomic E-state index is 14.1. The Kier molecular flexibility index (Phi) is 7.40. The second-order valence-corrected chi connectivity index (χ2v) is 9.43. The van der Waals surface area contributed by atoms with Crippen molar-refractivity contribution in [1.29, 1.82) is 0 Å². The number of nitrogen functional groups attached to an aromatic ring is 1. The molecule has 0 saturated heterocycles. The van der Waals surface area contributed by atoms with Crippen molar-refractivity contribution in [3.63, 3.8) is 0 Å². The number of furan rings is 1. The molecule has 37 heavy (non-hydrogen) atoms. The number of carbonyl (C=O) groups excluding carboxylic acids is 3. The van der Waals surface area contributed by atoms with Crippen molar-refractivity contribution in [1.82, 2.24) is 9.69 Å². The first-order valence-corrected chi connectivity index (χ1v) is 12.3. The lowest BCUT2D eigenvalue weighted by Gasteiger charge is -2.31. The van der Waals surface area contributed by atoms with Gasteiger partial charge in [0, 0.05) is 12.2 Å². The van der Waals surface area contributed by atoms with Crippen molar-refractivity contribution < 1.29 is 18.8 Å². The van der Waals surface area contributed by atoms with Crippen LogP contribution in [0.5, 0.6) is 0 Å². The monoisotopic (exact) mass is 517 g/mol. The molecule has 4 aromatic rings. The number of nitrogens with two attached hydrogens (primary N) is 2. The molecule has 190 valence electrons. The van der Waals surface area contributed by atoms with Crippen LogP contribution in [-0.4, -0.2) is 22.1 Å². The minimum absolute atomic E-state index is 0.00193. The van der Waals surface area contributed by atoms with Crippen LogP contribution in [0.1, 0.15) is 54.4 Å². The van der Waals surface area contributed by atoms with E-state index in [1.54, 1.807) is 25.1 Å². The average Bonchev–Trinajstić information content (AvgIpc) is 3.47. The van der Waals surface area contributed by atoms with E-state index >= 15 is 0 Å². The molecule has 1 atom stereocenters. The van der Waals surface area contributed by atoms with Crippen molar-refractivity contribution in [2.75, 3.05) is 10.6 Å². The Bertz CT molecular complexity index is 1460. The molecule has 2 aromatic carbocycles. The first kappa shape index (κ1) is 25.6. The molecule has 1 unspecified atom stereocenters. The van der Waals surface area contributed by atoms with Crippen molar-refractivity contribution in [2.45, 2.75) is 33.4 Å². The van der Waals surface area contributed by atoms with Gasteiger partial charge in [-0.05, 0) is 61.6 Å². The third-order valence-electron chi connectivity index (χ3n) is 5.83. The van der Waals surface area contributed by atoms with Crippen molar-refractivity contribution in [3.05, 3.63) is 99.4 Å². The first-order chi connectivity index (χ1) is 17.7. The highest BCUT2D eigenvalue weighted by Gasteiger charge is 2.38. The van der Waals surface area contributed by atoms with E-state index in [2.05, 4.69) is 9.69 Å². The Morgan fingerprint density at radius 1 is 1.05 bits per heavy atom. The lowest BCUT2D eigenvalue weighted by Crippen LogP contribution is -2.44. The van der Waals surface area contributed by atoms with Gasteiger partial charge in [-0.15, -0.1) is 0 Å². The fourth-order valence-electron chi connectivity index (χ4n) is 4.04. The van der Waals surface area contributed by atoms with Gasteiger partial charge in [0.05, 0.1) is 5.69 Å². The molecule has 2 heterocycles. The zero-order valence-corrected chi connectivity index (χ0v) is 21.5.